The third-order valence-corrected chi connectivity index (χ3v) is 3.42. The van der Waals surface area contributed by atoms with Gasteiger partial charge in [-0.15, -0.1) is 12.4 Å². The van der Waals surface area contributed by atoms with E-state index in [1.54, 1.807) is 13.8 Å². The van der Waals surface area contributed by atoms with E-state index in [0.717, 1.165) is 25.9 Å². The number of halogens is 1. The molecule has 1 saturated heterocycles. The van der Waals surface area contributed by atoms with E-state index in [4.69, 9.17) is 4.52 Å². The zero-order chi connectivity index (χ0) is 12.4. The van der Waals surface area contributed by atoms with E-state index >= 15 is 0 Å². The maximum absolute atomic E-state index is 12.4. The van der Waals surface area contributed by atoms with Crippen LogP contribution in [0.2, 0.25) is 0 Å². The molecule has 18 heavy (non-hydrogen) atoms. The Kier molecular flexibility index (Phi) is 5.16. The first kappa shape index (κ1) is 15.0. The van der Waals surface area contributed by atoms with Gasteiger partial charge in [0.25, 0.3) is 5.91 Å². The molecule has 0 unspecified atom stereocenters. The molecular formula is C12H20ClN3O2. The maximum atomic E-state index is 12.4. The molecule has 1 N–H and O–H groups in total. The van der Waals surface area contributed by atoms with E-state index in [2.05, 4.69) is 10.5 Å². The Bertz CT molecular complexity index is 394. The van der Waals surface area contributed by atoms with Crippen LogP contribution in [0.1, 0.15) is 34.7 Å². The lowest BCUT2D eigenvalue weighted by Crippen LogP contribution is -2.44. The fraction of sp³-hybridized carbons (Fsp3) is 0.667. The van der Waals surface area contributed by atoms with Crippen molar-refractivity contribution in [3.05, 3.63) is 17.0 Å². The summed E-state index contributed by atoms with van der Waals surface area (Å²) in [7, 11) is 1.87. The third kappa shape index (κ3) is 2.84. The van der Waals surface area contributed by atoms with Crippen molar-refractivity contribution >= 4 is 18.3 Å². The Balaban J connectivity index is 0.00000162. The topological polar surface area (TPSA) is 58.4 Å². The summed E-state index contributed by atoms with van der Waals surface area (Å²) in [4.78, 5) is 14.2. The van der Waals surface area contributed by atoms with Crippen LogP contribution in [0.4, 0.5) is 0 Å². The number of carbonyl (C=O) groups excluding carboxylic acids is 1. The number of aromatic nitrogens is 1. The fourth-order valence-electron chi connectivity index (χ4n) is 2.32. The molecule has 2 heterocycles. The summed E-state index contributed by atoms with van der Waals surface area (Å²) in [6.07, 6.45) is 2.01. The summed E-state index contributed by atoms with van der Waals surface area (Å²) in [5.41, 5.74) is 1.29. The number of aryl methyl sites for hydroxylation is 2. The molecule has 0 radical (unpaired) electrons. The summed E-state index contributed by atoms with van der Waals surface area (Å²) >= 11 is 0. The predicted molar refractivity (Wildman–Crippen MR) is 71.2 cm³/mol. The van der Waals surface area contributed by atoms with Crippen molar-refractivity contribution in [1.29, 1.82) is 0 Å². The summed E-state index contributed by atoms with van der Waals surface area (Å²) in [6.45, 7) is 5.54. The molecule has 1 aliphatic heterocycles. The van der Waals surface area contributed by atoms with Crippen LogP contribution in [0.3, 0.4) is 0 Å². The van der Waals surface area contributed by atoms with Gasteiger partial charge in [0.2, 0.25) is 0 Å². The van der Waals surface area contributed by atoms with Crippen LogP contribution in [0.15, 0.2) is 4.52 Å². The molecule has 102 valence electrons. The molecule has 1 aromatic heterocycles. The number of piperidine rings is 1. The summed E-state index contributed by atoms with van der Waals surface area (Å²) in [5, 5.41) is 7.13. The van der Waals surface area contributed by atoms with E-state index in [0.29, 0.717) is 23.1 Å². The Labute approximate surface area is 113 Å². The normalized spacial score (nSPS) is 16.2. The van der Waals surface area contributed by atoms with Crippen molar-refractivity contribution in [3.63, 3.8) is 0 Å². The molecule has 6 heteroatoms. The van der Waals surface area contributed by atoms with Gasteiger partial charge in [0, 0.05) is 13.1 Å². The zero-order valence-corrected chi connectivity index (χ0v) is 11.8. The van der Waals surface area contributed by atoms with Crippen LogP contribution in [0.5, 0.6) is 0 Å². The Morgan fingerprint density at radius 2 is 2.00 bits per heavy atom. The molecule has 1 fully saturated rings. The second-order valence-electron chi connectivity index (χ2n) is 4.60. The lowest BCUT2D eigenvalue weighted by molar-refractivity contribution is 0.0701. The largest absolute Gasteiger partial charge is 0.361 e. The van der Waals surface area contributed by atoms with Gasteiger partial charge in [0.15, 0.2) is 0 Å². The molecule has 0 atom stereocenters. The number of amides is 1. The minimum absolute atomic E-state index is 0. The minimum atomic E-state index is 0. The highest BCUT2D eigenvalue weighted by Gasteiger charge is 2.26. The van der Waals surface area contributed by atoms with Crippen molar-refractivity contribution in [3.8, 4) is 0 Å². The summed E-state index contributed by atoms with van der Waals surface area (Å²) in [5.74, 6) is 0.626. The van der Waals surface area contributed by atoms with Crippen molar-refractivity contribution in [2.24, 2.45) is 0 Å². The number of nitrogens with one attached hydrogen (secondary N) is 1. The summed E-state index contributed by atoms with van der Waals surface area (Å²) < 4.78 is 5.04. The molecule has 1 aromatic rings. The van der Waals surface area contributed by atoms with Crippen molar-refractivity contribution in [2.75, 3.05) is 20.1 Å². The van der Waals surface area contributed by atoms with Crippen LogP contribution < -0.4 is 5.32 Å². The molecule has 0 spiro atoms. The lowest BCUT2D eigenvalue weighted by atomic mass is 10.0. The molecule has 0 bridgehead atoms. The predicted octanol–water partition coefficient (Wildman–Crippen LogP) is 1.54. The first-order valence-electron chi connectivity index (χ1n) is 6.02. The number of carbonyl (C=O) groups is 1. The molecule has 0 aliphatic carbocycles. The van der Waals surface area contributed by atoms with Crippen LogP contribution >= 0.6 is 12.4 Å². The summed E-state index contributed by atoms with van der Waals surface area (Å²) in [6, 6.07) is 0.317. The molecule has 1 aliphatic rings. The van der Waals surface area contributed by atoms with Crippen LogP contribution in [-0.4, -0.2) is 42.1 Å². The van der Waals surface area contributed by atoms with Gasteiger partial charge in [-0.3, -0.25) is 4.79 Å². The first-order chi connectivity index (χ1) is 8.11. The average molecular weight is 274 g/mol. The van der Waals surface area contributed by atoms with Gasteiger partial charge in [0.05, 0.1) is 5.69 Å². The monoisotopic (exact) mass is 273 g/mol. The molecule has 0 aromatic carbocycles. The zero-order valence-electron chi connectivity index (χ0n) is 11.0. The van der Waals surface area contributed by atoms with E-state index < -0.39 is 0 Å². The number of rotatable bonds is 2. The van der Waals surface area contributed by atoms with E-state index in [9.17, 15) is 4.79 Å². The Morgan fingerprint density at radius 1 is 1.39 bits per heavy atom. The van der Waals surface area contributed by atoms with Crippen LogP contribution in [-0.2, 0) is 0 Å². The highest BCUT2D eigenvalue weighted by Crippen LogP contribution is 2.18. The van der Waals surface area contributed by atoms with Gasteiger partial charge < -0.3 is 14.7 Å². The highest BCUT2D eigenvalue weighted by molar-refractivity contribution is 5.96. The van der Waals surface area contributed by atoms with Crippen LogP contribution in [0, 0.1) is 13.8 Å². The van der Waals surface area contributed by atoms with Gasteiger partial charge >= 0.3 is 0 Å². The Morgan fingerprint density at radius 3 is 2.50 bits per heavy atom. The first-order valence-corrected chi connectivity index (χ1v) is 6.02. The van der Waals surface area contributed by atoms with Gasteiger partial charge in [-0.25, -0.2) is 0 Å². The second kappa shape index (κ2) is 6.20. The number of nitrogens with zero attached hydrogens (tertiary/aromatic N) is 2. The van der Waals surface area contributed by atoms with Gasteiger partial charge in [-0.1, -0.05) is 5.16 Å². The molecular weight excluding hydrogens is 254 g/mol. The maximum Gasteiger partial charge on any atom is 0.259 e. The van der Waals surface area contributed by atoms with Gasteiger partial charge in [0.1, 0.15) is 11.3 Å². The number of hydrogen-bond acceptors (Lipinski definition) is 4. The molecule has 0 saturated carbocycles. The third-order valence-electron chi connectivity index (χ3n) is 3.42. The molecule has 1 amide bonds. The standard InChI is InChI=1S/C12H19N3O2.ClH/c1-8-11(9(2)17-14-8)12(16)15(3)10-4-6-13-7-5-10;/h10,13H,4-7H2,1-3H3;1H. The van der Waals surface area contributed by atoms with E-state index in [1.165, 1.54) is 0 Å². The smallest absolute Gasteiger partial charge is 0.259 e. The van der Waals surface area contributed by atoms with Gasteiger partial charge in [-0.2, -0.15) is 0 Å². The van der Waals surface area contributed by atoms with Crippen LogP contribution in [0.25, 0.3) is 0 Å². The number of hydrogen-bond donors (Lipinski definition) is 1. The lowest BCUT2D eigenvalue weighted by Gasteiger charge is -2.31. The average Bonchev–Trinajstić information content (AvgIpc) is 2.68. The van der Waals surface area contributed by atoms with Crippen molar-refractivity contribution < 1.29 is 9.32 Å². The molecule has 5 nitrogen and oxygen atoms in total. The Hall–Kier alpha value is -1.07. The highest BCUT2D eigenvalue weighted by atomic mass is 35.5. The second-order valence-corrected chi connectivity index (χ2v) is 4.60. The molecule has 2 rings (SSSR count). The van der Waals surface area contributed by atoms with Crippen molar-refractivity contribution in [1.82, 2.24) is 15.4 Å². The van der Waals surface area contributed by atoms with Gasteiger partial charge in [-0.05, 0) is 39.8 Å². The minimum Gasteiger partial charge on any atom is -0.361 e. The van der Waals surface area contributed by atoms with E-state index in [1.807, 2.05) is 11.9 Å². The SMILES string of the molecule is Cc1noc(C)c1C(=O)N(C)C1CCNCC1.Cl. The fourth-order valence-corrected chi connectivity index (χ4v) is 2.32. The van der Waals surface area contributed by atoms with Crippen molar-refractivity contribution in [2.45, 2.75) is 32.7 Å². The quantitative estimate of drug-likeness (QED) is 0.888. The van der Waals surface area contributed by atoms with E-state index in [-0.39, 0.29) is 18.3 Å².